The van der Waals surface area contributed by atoms with Gasteiger partial charge in [-0.2, -0.15) is 10.1 Å². The van der Waals surface area contributed by atoms with Gasteiger partial charge in [-0.05, 0) is 61.5 Å². The lowest BCUT2D eigenvalue weighted by molar-refractivity contribution is 0.601. The van der Waals surface area contributed by atoms with E-state index in [2.05, 4.69) is 35.5 Å². The molecule has 9 nitrogen and oxygen atoms in total. The minimum Gasteiger partial charge on any atom is -0.339 e. The van der Waals surface area contributed by atoms with Gasteiger partial charge < -0.3 is 10.6 Å². The molecule has 0 aliphatic carbocycles. The van der Waals surface area contributed by atoms with Crippen LogP contribution in [0.1, 0.15) is 5.56 Å². The van der Waals surface area contributed by atoms with Crippen LogP contribution in [0.5, 0.6) is 0 Å². The lowest BCUT2D eigenvalue weighted by atomic mass is 10.2. The van der Waals surface area contributed by atoms with Crippen molar-refractivity contribution in [2.24, 2.45) is 0 Å². The lowest BCUT2D eigenvalue weighted by Crippen LogP contribution is -2.12. The molecule has 5 aromatic rings. The van der Waals surface area contributed by atoms with E-state index in [1.54, 1.807) is 67.0 Å². The minimum atomic E-state index is -3.66. The SMILES string of the molecule is Cc1ccc(S(=O)(=O)Nc2ccc(Nc3nccc(Nc4cccc5[nH]ncc45)n3)cc2)cc1. The predicted octanol–water partition coefficient (Wildman–Crippen LogP) is 4.95. The van der Waals surface area contributed by atoms with Crippen LogP contribution in [0.4, 0.5) is 28.8 Å². The summed E-state index contributed by atoms with van der Waals surface area (Å²) in [5.74, 6) is 1.02. The number of fused-ring (bicyclic) bond motifs is 1. The summed E-state index contributed by atoms with van der Waals surface area (Å²) in [5, 5.41) is 14.4. The number of sulfonamides is 1. The van der Waals surface area contributed by atoms with Crippen molar-refractivity contribution < 1.29 is 8.42 Å². The lowest BCUT2D eigenvalue weighted by Gasteiger charge is -2.11. The van der Waals surface area contributed by atoms with Crippen LogP contribution < -0.4 is 15.4 Å². The van der Waals surface area contributed by atoms with Crippen LogP contribution in [-0.2, 0) is 10.0 Å². The van der Waals surface area contributed by atoms with Gasteiger partial charge in [-0.15, -0.1) is 0 Å². The molecule has 0 fully saturated rings. The van der Waals surface area contributed by atoms with E-state index >= 15 is 0 Å². The Morgan fingerprint density at radius 1 is 0.853 bits per heavy atom. The highest BCUT2D eigenvalue weighted by Gasteiger charge is 2.14. The molecule has 170 valence electrons. The molecule has 4 N–H and O–H groups in total. The van der Waals surface area contributed by atoms with Crippen LogP contribution in [-0.4, -0.2) is 28.6 Å². The first-order chi connectivity index (χ1) is 16.5. The molecule has 0 saturated heterocycles. The second-order valence-corrected chi connectivity index (χ2v) is 9.33. The number of nitrogens with zero attached hydrogens (tertiary/aromatic N) is 3. The third-order valence-corrected chi connectivity index (χ3v) is 6.52. The quantitative estimate of drug-likeness (QED) is 0.265. The molecule has 0 saturated carbocycles. The van der Waals surface area contributed by atoms with Gasteiger partial charge in [0.15, 0.2) is 0 Å². The molecule has 0 bridgehead atoms. The van der Waals surface area contributed by atoms with Gasteiger partial charge in [0.1, 0.15) is 5.82 Å². The van der Waals surface area contributed by atoms with Crippen LogP contribution in [0.3, 0.4) is 0 Å². The number of hydrogen-bond donors (Lipinski definition) is 4. The third-order valence-electron chi connectivity index (χ3n) is 5.13. The van der Waals surface area contributed by atoms with E-state index in [0.29, 0.717) is 23.1 Å². The Hall–Kier alpha value is -4.44. The highest BCUT2D eigenvalue weighted by Crippen LogP contribution is 2.25. The van der Waals surface area contributed by atoms with Crippen LogP contribution >= 0.6 is 0 Å². The maximum Gasteiger partial charge on any atom is 0.261 e. The van der Waals surface area contributed by atoms with Crippen LogP contribution in [0.25, 0.3) is 10.9 Å². The van der Waals surface area contributed by atoms with Gasteiger partial charge in [0.05, 0.1) is 22.3 Å². The van der Waals surface area contributed by atoms with Gasteiger partial charge in [0, 0.05) is 23.0 Å². The maximum absolute atomic E-state index is 12.6. The molecule has 2 aromatic heterocycles. The molecule has 0 amide bonds. The van der Waals surface area contributed by atoms with Crippen molar-refractivity contribution in [2.45, 2.75) is 11.8 Å². The number of hydrogen-bond acceptors (Lipinski definition) is 7. The number of H-pyrrole nitrogens is 1. The van der Waals surface area contributed by atoms with Crippen molar-refractivity contribution in [3.8, 4) is 0 Å². The standard InChI is InChI=1S/C24H21N7O2S/c1-16-5-11-19(12-6-16)34(32,33)31-18-9-7-17(8-10-18)27-24-25-14-13-23(29-24)28-21-3-2-4-22-20(21)15-26-30-22/h2-15,31H,1H3,(H,26,30)(H2,25,27,28,29). The van der Waals surface area contributed by atoms with E-state index < -0.39 is 10.0 Å². The van der Waals surface area contributed by atoms with Crippen molar-refractivity contribution in [1.82, 2.24) is 20.2 Å². The van der Waals surface area contributed by atoms with Gasteiger partial charge in [-0.25, -0.2) is 13.4 Å². The number of benzene rings is 3. The fraction of sp³-hybridized carbons (Fsp3) is 0.0417. The van der Waals surface area contributed by atoms with Gasteiger partial charge in [-0.1, -0.05) is 23.8 Å². The van der Waals surface area contributed by atoms with Crippen LogP contribution in [0.15, 0.2) is 90.1 Å². The topological polar surface area (TPSA) is 125 Å². The number of aromatic nitrogens is 4. The van der Waals surface area contributed by atoms with Crippen molar-refractivity contribution in [3.63, 3.8) is 0 Å². The molecule has 0 atom stereocenters. The largest absolute Gasteiger partial charge is 0.339 e. The average molecular weight is 472 g/mol. The van der Waals surface area contributed by atoms with Gasteiger partial charge in [0.2, 0.25) is 5.95 Å². The highest BCUT2D eigenvalue weighted by atomic mass is 32.2. The summed E-state index contributed by atoms with van der Waals surface area (Å²) in [7, 11) is -3.66. The zero-order valence-corrected chi connectivity index (χ0v) is 19.0. The molecule has 10 heteroatoms. The summed E-state index contributed by atoms with van der Waals surface area (Å²) in [6.07, 6.45) is 3.41. The Labute approximate surface area is 196 Å². The molecule has 0 unspecified atom stereocenters. The first kappa shape index (κ1) is 21.4. The van der Waals surface area contributed by atoms with E-state index in [-0.39, 0.29) is 4.90 Å². The first-order valence-electron chi connectivity index (χ1n) is 10.4. The Kier molecular flexibility index (Phi) is 5.56. The summed E-state index contributed by atoms with van der Waals surface area (Å²) in [5.41, 5.74) is 3.97. The highest BCUT2D eigenvalue weighted by molar-refractivity contribution is 7.92. The second kappa shape index (κ2) is 8.83. The zero-order chi connectivity index (χ0) is 23.5. The first-order valence-corrected chi connectivity index (χ1v) is 11.9. The number of nitrogens with one attached hydrogen (secondary N) is 4. The fourth-order valence-corrected chi connectivity index (χ4v) is 4.44. The third kappa shape index (κ3) is 4.66. The smallest absolute Gasteiger partial charge is 0.261 e. The van der Waals surface area contributed by atoms with Gasteiger partial charge >= 0.3 is 0 Å². The minimum absolute atomic E-state index is 0.212. The van der Waals surface area contributed by atoms with Crippen molar-refractivity contribution in [3.05, 3.63) is 90.8 Å². The molecule has 0 radical (unpaired) electrons. The van der Waals surface area contributed by atoms with Crippen LogP contribution in [0, 0.1) is 6.92 Å². The summed E-state index contributed by atoms with van der Waals surface area (Å²) in [6.45, 7) is 1.91. The molecule has 2 heterocycles. The predicted molar refractivity (Wildman–Crippen MR) is 133 cm³/mol. The Morgan fingerprint density at radius 2 is 1.62 bits per heavy atom. The Balaban J connectivity index is 1.28. The maximum atomic E-state index is 12.6. The zero-order valence-electron chi connectivity index (χ0n) is 18.1. The number of rotatable bonds is 7. The summed E-state index contributed by atoms with van der Waals surface area (Å²) >= 11 is 0. The molecular weight excluding hydrogens is 450 g/mol. The van der Waals surface area contributed by atoms with E-state index in [4.69, 9.17) is 0 Å². The Bertz CT molecular complexity index is 1550. The molecule has 34 heavy (non-hydrogen) atoms. The second-order valence-electron chi connectivity index (χ2n) is 7.65. The number of aryl methyl sites for hydroxylation is 1. The van der Waals surface area contributed by atoms with E-state index in [9.17, 15) is 8.42 Å². The summed E-state index contributed by atoms with van der Waals surface area (Å²) in [6, 6.07) is 21.1. The molecule has 3 aromatic carbocycles. The van der Waals surface area contributed by atoms with E-state index in [1.165, 1.54) is 0 Å². The number of aromatic amines is 1. The van der Waals surface area contributed by atoms with E-state index in [0.717, 1.165) is 22.2 Å². The molecular formula is C24H21N7O2S. The fourth-order valence-electron chi connectivity index (χ4n) is 3.39. The Morgan fingerprint density at radius 3 is 2.41 bits per heavy atom. The van der Waals surface area contributed by atoms with Gasteiger partial charge in [0.25, 0.3) is 10.0 Å². The van der Waals surface area contributed by atoms with Gasteiger partial charge in [-0.3, -0.25) is 9.82 Å². The van der Waals surface area contributed by atoms with E-state index in [1.807, 2.05) is 25.1 Å². The monoisotopic (exact) mass is 471 g/mol. The normalized spacial score (nSPS) is 11.3. The molecule has 5 rings (SSSR count). The average Bonchev–Trinajstić information content (AvgIpc) is 3.31. The van der Waals surface area contributed by atoms with Crippen LogP contribution in [0.2, 0.25) is 0 Å². The molecule has 0 aliphatic rings. The molecule has 0 aliphatic heterocycles. The summed E-state index contributed by atoms with van der Waals surface area (Å²) < 4.78 is 27.8. The summed E-state index contributed by atoms with van der Waals surface area (Å²) in [4.78, 5) is 8.98. The molecule has 0 spiro atoms. The van der Waals surface area contributed by atoms with Crippen molar-refractivity contribution in [2.75, 3.05) is 15.4 Å². The van der Waals surface area contributed by atoms with Crippen molar-refractivity contribution >= 4 is 49.8 Å². The van der Waals surface area contributed by atoms with Crippen molar-refractivity contribution in [1.29, 1.82) is 0 Å². The number of anilines is 5.